The normalized spacial score (nSPS) is 49.7. The van der Waals surface area contributed by atoms with E-state index in [2.05, 4.69) is 6.92 Å². The maximum absolute atomic E-state index is 6.89. The van der Waals surface area contributed by atoms with E-state index in [0.717, 1.165) is 76.9 Å². The monoisotopic (exact) mass is 536 g/mol. The van der Waals surface area contributed by atoms with E-state index in [1.54, 1.807) is 83.5 Å². The van der Waals surface area contributed by atoms with Crippen LogP contribution in [0.5, 0.6) is 0 Å². The van der Waals surface area contributed by atoms with Crippen LogP contribution in [0.1, 0.15) is 155 Å². The SMILES string of the molecule is CC1CCC(C2CC(C3CCC(C[C@@H](N)CC4CCC(C5CCC(C6CCC(C7CCC7)C6)C5)C4)C3)C2)CC1. The van der Waals surface area contributed by atoms with Crippen molar-refractivity contribution >= 4 is 0 Å². The summed E-state index contributed by atoms with van der Waals surface area (Å²) in [7, 11) is 0. The van der Waals surface area contributed by atoms with Gasteiger partial charge in [-0.25, -0.2) is 0 Å². The van der Waals surface area contributed by atoms with Gasteiger partial charge in [-0.05, 0) is 180 Å². The highest BCUT2D eigenvalue weighted by atomic mass is 14.6. The van der Waals surface area contributed by atoms with Gasteiger partial charge in [0.15, 0.2) is 0 Å². The standard InChI is InChI=1S/C38H65N/c1-25-5-9-29(10-6-25)36-23-37(24-36)31-12-8-27(18-31)20-38(39)19-26-7-11-30(17-26)33-15-16-35(22-33)34-14-13-32(21-34)28-3-2-4-28/h25-38H,2-24,39H2,1H3/t25?,26?,27?,29?,30?,31?,32?,33?,34?,35?,36?,37?,38-/m0/s1. The van der Waals surface area contributed by atoms with Crippen LogP contribution in [0.4, 0.5) is 0 Å². The van der Waals surface area contributed by atoms with E-state index in [1.807, 2.05) is 0 Å². The maximum Gasteiger partial charge on any atom is 0.00441 e. The molecule has 8 unspecified atom stereocenters. The highest BCUT2D eigenvalue weighted by Gasteiger charge is 2.44. The number of hydrogen-bond donors (Lipinski definition) is 1. The first-order valence-electron chi connectivity index (χ1n) is 18.8. The van der Waals surface area contributed by atoms with Gasteiger partial charge < -0.3 is 5.73 Å². The minimum atomic E-state index is 0.495. The van der Waals surface area contributed by atoms with Gasteiger partial charge in [-0.3, -0.25) is 0 Å². The van der Waals surface area contributed by atoms with E-state index in [9.17, 15) is 0 Å². The molecule has 7 saturated carbocycles. The Labute approximate surface area is 243 Å². The summed E-state index contributed by atoms with van der Waals surface area (Å²) in [6, 6.07) is 0.495. The number of hydrogen-bond acceptors (Lipinski definition) is 1. The summed E-state index contributed by atoms with van der Waals surface area (Å²) in [5, 5.41) is 0. The molecule has 7 rings (SSSR count). The van der Waals surface area contributed by atoms with Crippen molar-refractivity contribution in [2.45, 2.75) is 161 Å². The van der Waals surface area contributed by atoms with Crippen LogP contribution in [-0.2, 0) is 0 Å². The van der Waals surface area contributed by atoms with Gasteiger partial charge in [0.05, 0.1) is 0 Å². The van der Waals surface area contributed by atoms with Crippen molar-refractivity contribution in [3.63, 3.8) is 0 Å². The molecule has 1 nitrogen and oxygen atoms in total. The summed E-state index contributed by atoms with van der Waals surface area (Å²) in [5.74, 6) is 13.9. The molecule has 0 bridgehead atoms. The molecule has 9 atom stereocenters. The van der Waals surface area contributed by atoms with Crippen LogP contribution in [0.3, 0.4) is 0 Å². The first kappa shape index (κ1) is 27.8. The Bertz CT molecular complexity index is 772. The molecule has 0 aromatic rings. The molecule has 0 aromatic carbocycles. The summed E-state index contributed by atoms with van der Waals surface area (Å²) >= 11 is 0. The van der Waals surface area contributed by atoms with Crippen molar-refractivity contribution in [1.29, 1.82) is 0 Å². The average Bonchev–Trinajstić information content (AvgIpc) is 3.66. The Morgan fingerprint density at radius 3 is 1.28 bits per heavy atom. The van der Waals surface area contributed by atoms with Crippen LogP contribution in [-0.4, -0.2) is 6.04 Å². The highest BCUT2D eigenvalue weighted by Crippen LogP contribution is 2.54. The zero-order chi connectivity index (χ0) is 26.3. The van der Waals surface area contributed by atoms with Gasteiger partial charge in [-0.15, -0.1) is 0 Å². The minimum Gasteiger partial charge on any atom is -0.328 e. The Kier molecular flexibility index (Phi) is 8.75. The summed E-state index contributed by atoms with van der Waals surface area (Å²) < 4.78 is 0. The van der Waals surface area contributed by atoms with E-state index >= 15 is 0 Å². The van der Waals surface area contributed by atoms with Crippen LogP contribution in [0.15, 0.2) is 0 Å². The Hall–Kier alpha value is -0.0400. The molecular formula is C38H65N. The molecular weight excluding hydrogens is 470 g/mol. The summed E-state index contributed by atoms with van der Waals surface area (Å²) in [4.78, 5) is 0. The largest absolute Gasteiger partial charge is 0.328 e. The van der Waals surface area contributed by atoms with Gasteiger partial charge in [0, 0.05) is 6.04 Å². The zero-order valence-electron chi connectivity index (χ0n) is 25.9. The first-order valence-corrected chi connectivity index (χ1v) is 18.8. The zero-order valence-corrected chi connectivity index (χ0v) is 25.9. The fraction of sp³-hybridized carbons (Fsp3) is 1.00. The lowest BCUT2D eigenvalue weighted by atomic mass is 9.60. The minimum absolute atomic E-state index is 0.495. The van der Waals surface area contributed by atoms with Crippen LogP contribution in [0.25, 0.3) is 0 Å². The van der Waals surface area contributed by atoms with E-state index in [4.69, 9.17) is 5.73 Å². The molecule has 0 aromatic heterocycles. The topological polar surface area (TPSA) is 26.0 Å². The Balaban J connectivity index is 0.785. The first-order chi connectivity index (χ1) is 19.1. The fourth-order valence-corrected chi connectivity index (χ4v) is 12.4. The number of rotatable bonds is 9. The Morgan fingerprint density at radius 2 is 0.769 bits per heavy atom. The van der Waals surface area contributed by atoms with Crippen molar-refractivity contribution < 1.29 is 0 Å². The second-order valence-corrected chi connectivity index (χ2v) is 17.5. The number of nitrogens with two attached hydrogens (primary N) is 1. The van der Waals surface area contributed by atoms with Crippen LogP contribution >= 0.6 is 0 Å². The highest BCUT2D eigenvalue weighted by molar-refractivity contribution is 4.95. The van der Waals surface area contributed by atoms with E-state index in [1.165, 1.54) is 64.2 Å². The van der Waals surface area contributed by atoms with E-state index in [0.29, 0.717) is 6.04 Å². The van der Waals surface area contributed by atoms with Gasteiger partial charge in [0.2, 0.25) is 0 Å². The molecule has 0 amide bonds. The fourth-order valence-electron chi connectivity index (χ4n) is 12.4. The van der Waals surface area contributed by atoms with Crippen molar-refractivity contribution in [1.82, 2.24) is 0 Å². The summed E-state index contributed by atoms with van der Waals surface area (Å²) in [6.45, 7) is 2.47. The second kappa shape index (κ2) is 12.3. The third-order valence-electron chi connectivity index (χ3n) is 15.2. The maximum atomic E-state index is 6.89. The predicted octanol–water partition coefficient (Wildman–Crippen LogP) is 10.4. The lowest BCUT2D eigenvalue weighted by Crippen LogP contribution is -2.35. The molecule has 7 fully saturated rings. The molecule has 2 N–H and O–H groups in total. The third kappa shape index (κ3) is 6.34. The van der Waals surface area contributed by atoms with Gasteiger partial charge in [-0.2, -0.15) is 0 Å². The van der Waals surface area contributed by atoms with Gasteiger partial charge in [-0.1, -0.05) is 51.9 Å². The van der Waals surface area contributed by atoms with Crippen molar-refractivity contribution in [2.24, 2.45) is 82.7 Å². The molecule has 222 valence electrons. The molecule has 7 aliphatic carbocycles. The van der Waals surface area contributed by atoms with Crippen molar-refractivity contribution in [2.75, 3.05) is 0 Å². The molecule has 7 aliphatic rings. The lowest BCUT2D eigenvalue weighted by molar-refractivity contribution is 0.0522. The lowest BCUT2D eigenvalue weighted by Gasteiger charge is -2.45. The molecule has 0 heterocycles. The van der Waals surface area contributed by atoms with Crippen LogP contribution in [0, 0.1) is 76.9 Å². The van der Waals surface area contributed by atoms with Gasteiger partial charge in [0.25, 0.3) is 0 Å². The third-order valence-corrected chi connectivity index (χ3v) is 15.2. The average molecular weight is 536 g/mol. The van der Waals surface area contributed by atoms with Gasteiger partial charge in [0.1, 0.15) is 0 Å². The van der Waals surface area contributed by atoms with Crippen LogP contribution < -0.4 is 5.73 Å². The van der Waals surface area contributed by atoms with Gasteiger partial charge >= 0.3 is 0 Å². The van der Waals surface area contributed by atoms with Crippen molar-refractivity contribution in [3.05, 3.63) is 0 Å². The molecule has 0 spiro atoms. The molecule has 1 heteroatoms. The molecule has 0 aliphatic heterocycles. The smallest absolute Gasteiger partial charge is 0.00441 e. The van der Waals surface area contributed by atoms with E-state index < -0.39 is 0 Å². The quantitative estimate of drug-likeness (QED) is 0.312. The molecule has 0 saturated heterocycles. The van der Waals surface area contributed by atoms with E-state index in [-0.39, 0.29) is 0 Å². The van der Waals surface area contributed by atoms with Crippen molar-refractivity contribution in [3.8, 4) is 0 Å². The van der Waals surface area contributed by atoms with Crippen LogP contribution in [0.2, 0.25) is 0 Å². The predicted molar refractivity (Wildman–Crippen MR) is 165 cm³/mol. The molecule has 39 heavy (non-hydrogen) atoms. The summed E-state index contributed by atoms with van der Waals surface area (Å²) in [6.07, 6.45) is 35.4. The summed E-state index contributed by atoms with van der Waals surface area (Å²) in [5.41, 5.74) is 6.89. The molecule has 0 radical (unpaired) electrons. The second-order valence-electron chi connectivity index (χ2n) is 17.5. The Morgan fingerprint density at radius 1 is 0.410 bits per heavy atom.